The zero-order valence-corrected chi connectivity index (χ0v) is 12.5. The van der Waals surface area contributed by atoms with Gasteiger partial charge in [-0.2, -0.15) is 0 Å². The molecule has 0 radical (unpaired) electrons. The van der Waals surface area contributed by atoms with Crippen molar-refractivity contribution in [1.82, 2.24) is 0 Å². The van der Waals surface area contributed by atoms with Gasteiger partial charge in [0, 0.05) is 24.2 Å². The molecular weight excluding hydrogens is 260 g/mol. The quantitative estimate of drug-likeness (QED) is 0.890. The minimum absolute atomic E-state index is 0.00232. The van der Waals surface area contributed by atoms with Crippen molar-refractivity contribution in [3.8, 4) is 0 Å². The van der Waals surface area contributed by atoms with Crippen LogP contribution in [0.5, 0.6) is 0 Å². The molecule has 104 valence electrons. The van der Waals surface area contributed by atoms with Crippen molar-refractivity contribution in [3.05, 3.63) is 23.2 Å². The van der Waals surface area contributed by atoms with E-state index in [0.717, 1.165) is 24.5 Å². The third kappa shape index (κ3) is 3.41. The van der Waals surface area contributed by atoms with Crippen molar-refractivity contribution in [2.45, 2.75) is 33.6 Å². The van der Waals surface area contributed by atoms with Gasteiger partial charge in [0.1, 0.15) is 0 Å². The lowest BCUT2D eigenvalue weighted by atomic mass is 9.95. The average molecular weight is 281 g/mol. The monoisotopic (exact) mass is 280 g/mol. The van der Waals surface area contributed by atoms with E-state index in [1.54, 1.807) is 0 Å². The first-order chi connectivity index (χ1) is 8.88. The number of nitrogens with zero attached hydrogens (tertiary/aromatic N) is 1. The molecule has 0 bridgehead atoms. The van der Waals surface area contributed by atoms with Gasteiger partial charge >= 0.3 is 0 Å². The Hall–Kier alpha value is -1.22. The fourth-order valence-electron chi connectivity index (χ4n) is 2.12. The number of rotatable bonds is 2. The Bertz CT molecular complexity index is 474. The molecule has 0 spiro atoms. The van der Waals surface area contributed by atoms with E-state index in [1.165, 1.54) is 12.8 Å². The first-order valence-electron chi connectivity index (χ1n) is 6.74. The van der Waals surface area contributed by atoms with Crippen molar-refractivity contribution < 1.29 is 4.79 Å². The van der Waals surface area contributed by atoms with Gasteiger partial charge in [0.05, 0.1) is 10.7 Å². The van der Waals surface area contributed by atoms with Crippen LogP contribution in [0.2, 0.25) is 5.02 Å². The summed E-state index contributed by atoms with van der Waals surface area (Å²) in [7, 11) is 0. The summed E-state index contributed by atoms with van der Waals surface area (Å²) in [6, 6.07) is 5.74. The number of carbonyl (C=O) groups is 1. The Kier molecular flexibility index (Phi) is 4.04. The van der Waals surface area contributed by atoms with Crippen molar-refractivity contribution in [3.63, 3.8) is 0 Å². The van der Waals surface area contributed by atoms with Crippen LogP contribution in [0.25, 0.3) is 0 Å². The molecule has 4 heteroatoms. The second kappa shape index (κ2) is 5.41. The Morgan fingerprint density at radius 3 is 2.42 bits per heavy atom. The van der Waals surface area contributed by atoms with Gasteiger partial charge in [0.15, 0.2) is 0 Å². The first kappa shape index (κ1) is 14.2. The predicted molar refractivity (Wildman–Crippen MR) is 81.0 cm³/mol. The summed E-state index contributed by atoms with van der Waals surface area (Å²) in [6.45, 7) is 7.80. The molecule has 19 heavy (non-hydrogen) atoms. The lowest BCUT2D eigenvalue weighted by Crippen LogP contribution is -2.27. The molecule has 1 N–H and O–H groups in total. The van der Waals surface area contributed by atoms with E-state index < -0.39 is 5.41 Å². The van der Waals surface area contributed by atoms with Gasteiger partial charge in [0.2, 0.25) is 5.91 Å². The van der Waals surface area contributed by atoms with Crippen molar-refractivity contribution in [2.24, 2.45) is 5.41 Å². The SMILES string of the molecule is CC(C)(C)C(=O)Nc1ccc(N2CCCC2)c(Cl)c1. The minimum Gasteiger partial charge on any atom is -0.370 e. The van der Waals surface area contributed by atoms with Crippen molar-refractivity contribution >= 4 is 28.9 Å². The third-order valence-corrected chi connectivity index (χ3v) is 3.64. The molecule has 1 fully saturated rings. The lowest BCUT2D eigenvalue weighted by Gasteiger charge is -2.21. The van der Waals surface area contributed by atoms with Gasteiger partial charge < -0.3 is 10.2 Å². The normalized spacial score (nSPS) is 15.7. The molecule has 1 amide bonds. The highest BCUT2D eigenvalue weighted by Crippen LogP contribution is 2.31. The van der Waals surface area contributed by atoms with Crippen LogP contribution >= 0.6 is 11.6 Å². The first-order valence-corrected chi connectivity index (χ1v) is 7.12. The van der Waals surface area contributed by atoms with E-state index in [2.05, 4.69) is 10.2 Å². The Labute approximate surface area is 119 Å². The zero-order chi connectivity index (χ0) is 14.0. The van der Waals surface area contributed by atoms with Gasteiger partial charge in [-0.15, -0.1) is 0 Å². The fraction of sp³-hybridized carbons (Fsp3) is 0.533. The summed E-state index contributed by atoms with van der Waals surface area (Å²) < 4.78 is 0. The largest absolute Gasteiger partial charge is 0.370 e. The second-order valence-corrected chi connectivity index (χ2v) is 6.47. The molecule has 1 aliphatic heterocycles. The van der Waals surface area contributed by atoms with Crippen LogP contribution < -0.4 is 10.2 Å². The number of amides is 1. The van der Waals surface area contributed by atoms with E-state index in [9.17, 15) is 4.79 Å². The van der Waals surface area contributed by atoms with Gasteiger partial charge in [-0.1, -0.05) is 32.4 Å². The summed E-state index contributed by atoms with van der Waals surface area (Å²) >= 11 is 6.31. The van der Waals surface area contributed by atoms with Crippen LogP contribution in [0.4, 0.5) is 11.4 Å². The Balaban J connectivity index is 2.12. The molecule has 3 nitrogen and oxygen atoms in total. The second-order valence-electron chi connectivity index (χ2n) is 6.06. The molecule has 0 saturated carbocycles. The summed E-state index contributed by atoms with van der Waals surface area (Å²) in [5.74, 6) is -0.00232. The molecule has 1 aromatic rings. The summed E-state index contributed by atoms with van der Waals surface area (Å²) in [5, 5.41) is 3.60. The topological polar surface area (TPSA) is 32.3 Å². The van der Waals surface area contributed by atoms with Crippen LogP contribution in [-0.2, 0) is 4.79 Å². The lowest BCUT2D eigenvalue weighted by molar-refractivity contribution is -0.123. The summed E-state index contributed by atoms with van der Waals surface area (Å²) in [6.07, 6.45) is 2.44. The van der Waals surface area contributed by atoms with Crippen molar-refractivity contribution in [2.75, 3.05) is 23.3 Å². The molecule has 1 heterocycles. The van der Waals surface area contributed by atoms with Gasteiger partial charge in [0.25, 0.3) is 0 Å². The third-order valence-electron chi connectivity index (χ3n) is 3.33. The number of hydrogen-bond donors (Lipinski definition) is 1. The highest BCUT2D eigenvalue weighted by atomic mass is 35.5. The molecule has 1 saturated heterocycles. The molecule has 1 aliphatic rings. The van der Waals surface area contributed by atoms with Gasteiger partial charge in [-0.25, -0.2) is 0 Å². The van der Waals surface area contributed by atoms with Crippen LogP contribution in [0, 0.1) is 5.41 Å². The van der Waals surface area contributed by atoms with Crippen LogP contribution in [0.1, 0.15) is 33.6 Å². The van der Waals surface area contributed by atoms with E-state index in [-0.39, 0.29) is 5.91 Å². The highest BCUT2D eigenvalue weighted by Gasteiger charge is 2.22. The molecule has 0 unspecified atom stereocenters. The van der Waals surface area contributed by atoms with Crippen LogP contribution in [-0.4, -0.2) is 19.0 Å². The smallest absolute Gasteiger partial charge is 0.229 e. The number of halogens is 1. The highest BCUT2D eigenvalue weighted by molar-refractivity contribution is 6.33. The molecule has 0 aliphatic carbocycles. The average Bonchev–Trinajstić information content (AvgIpc) is 2.81. The maximum Gasteiger partial charge on any atom is 0.229 e. The predicted octanol–water partition coefficient (Wildman–Crippen LogP) is 3.92. The standard InChI is InChI=1S/C15H21ClN2O/c1-15(2,3)14(19)17-11-6-7-13(12(16)10-11)18-8-4-5-9-18/h6-7,10H,4-5,8-9H2,1-3H3,(H,17,19). The van der Waals surface area contributed by atoms with E-state index in [0.29, 0.717) is 5.02 Å². The molecular formula is C15H21ClN2O. The summed E-state index contributed by atoms with van der Waals surface area (Å²) in [5.41, 5.74) is 1.42. The maximum absolute atomic E-state index is 11.9. The maximum atomic E-state index is 11.9. The van der Waals surface area contributed by atoms with E-state index >= 15 is 0 Å². The number of nitrogens with one attached hydrogen (secondary N) is 1. The molecule has 1 aromatic carbocycles. The van der Waals surface area contributed by atoms with Gasteiger partial charge in [-0.3, -0.25) is 4.79 Å². The zero-order valence-electron chi connectivity index (χ0n) is 11.8. The number of hydrogen-bond acceptors (Lipinski definition) is 2. The fourth-order valence-corrected chi connectivity index (χ4v) is 2.42. The summed E-state index contributed by atoms with van der Waals surface area (Å²) in [4.78, 5) is 14.2. The van der Waals surface area contributed by atoms with Gasteiger partial charge in [-0.05, 0) is 31.0 Å². The minimum atomic E-state index is -0.403. The van der Waals surface area contributed by atoms with E-state index in [4.69, 9.17) is 11.6 Å². The number of benzene rings is 1. The molecule has 0 atom stereocenters. The van der Waals surface area contributed by atoms with Crippen LogP contribution in [0.15, 0.2) is 18.2 Å². The van der Waals surface area contributed by atoms with Crippen molar-refractivity contribution in [1.29, 1.82) is 0 Å². The van der Waals surface area contributed by atoms with E-state index in [1.807, 2.05) is 39.0 Å². The Morgan fingerprint density at radius 1 is 1.26 bits per heavy atom. The molecule has 0 aromatic heterocycles. The molecule has 2 rings (SSSR count). The number of anilines is 2. The van der Waals surface area contributed by atoms with Crippen LogP contribution in [0.3, 0.4) is 0 Å². The number of carbonyl (C=O) groups excluding carboxylic acids is 1. The Morgan fingerprint density at radius 2 is 1.89 bits per heavy atom.